The lowest BCUT2D eigenvalue weighted by Crippen LogP contribution is -2.36. The van der Waals surface area contributed by atoms with Crippen molar-refractivity contribution < 1.29 is 0 Å². The van der Waals surface area contributed by atoms with E-state index in [1.807, 2.05) is 0 Å². The third kappa shape index (κ3) is 5.58. The summed E-state index contributed by atoms with van der Waals surface area (Å²) in [5.41, 5.74) is 0. The minimum atomic E-state index is 0.762. The molecule has 0 aromatic rings. The molecule has 2 unspecified atom stereocenters. The number of hydrogen-bond donors (Lipinski definition) is 1. The molecule has 1 N–H and O–H groups in total. The topological polar surface area (TPSA) is 12.0 Å². The molecule has 0 saturated heterocycles. The second kappa shape index (κ2) is 8.41. The molecule has 96 valence electrons. The van der Waals surface area contributed by atoms with Gasteiger partial charge in [0.1, 0.15) is 0 Å². The zero-order valence-corrected chi connectivity index (χ0v) is 12.1. The molecule has 1 aliphatic rings. The normalized spacial score (nSPS) is 27.8. The van der Waals surface area contributed by atoms with E-state index in [-0.39, 0.29) is 0 Å². The van der Waals surface area contributed by atoms with Gasteiger partial charge in [-0.05, 0) is 38.0 Å². The highest BCUT2D eigenvalue weighted by atomic mass is 32.2. The zero-order valence-electron chi connectivity index (χ0n) is 11.3. The van der Waals surface area contributed by atoms with Gasteiger partial charge in [0.05, 0.1) is 0 Å². The van der Waals surface area contributed by atoms with Crippen LogP contribution in [0.4, 0.5) is 0 Å². The van der Waals surface area contributed by atoms with Gasteiger partial charge in [0.25, 0.3) is 0 Å². The second-order valence-corrected chi connectivity index (χ2v) is 6.83. The molecule has 0 amide bonds. The molecule has 0 aliphatic heterocycles. The van der Waals surface area contributed by atoms with Gasteiger partial charge in [-0.15, -0.1) is 0 Å². The van der Waals surface area contributed by atoms with Crippen LogP contribution in [0.3, 0.4) is 0 Å². The van der Waals surface area contributed by atoms with Crippen molar-refractivity contribution in [3.05, 3.63) is 0 Å². The summed E-state index contributed by atoms with van der Waals surface area (Å²) in [6.07, 6.45) is 9.95. The largest absolute Gasteiger partial charge is 0.316 e. The van der Waals surface area contributed by atoms with Crippen molar-refractivity contribution in [3.8, 4) is 0 Å². The monoisotopic (exact) mass is 243 g/mol. The number of thioether (sulfide) groups is 1. The van der Waals surface area contributed by atoms with E-state index in [2.05, 4.69) is 38.0 Å². The average molecular weight is 243 g/mol. The minimum absolute atomic E-state index is 0.762. The fourth-order valence-electron chi connectivity index (χ4n) is 2.44. The number of nitrogens with one attached hydrogen (secondary N) is 1. The van der Waals surface area contributed by atoms with Crippen molar-refractivity contribution in [2.45, 2.75) is 70.1 Å². The van der Waals surface area contributed by atoms with Gasteiger partial charge in [-0.3, -0.25) is 0 Å². The summed E-state index contributed by atoms with van der Waals surface area (Å²) >= 11 is 2.22. The van der Waals surface area contributed by atoms with Crippen LogP contribution >= 0.6 is 11.8 Å². The maximum Gasteiger partial charge on any atom is 0.0201 e. The van der Waals surface area contributed by atoms with Crippen LogP contribution in [0, 0.1) is 5.92 Å². The molecule has 16 heavy (non-hydrogen) atoms. The lowest BCUT2D eigenvalue weighted by molar-refractivity contribution is 0.420. The highest BCUT2D eigenvalue weighted by molar-refractivity contribution is 7.99. The molecular formula is C14H29NS. The maximum atomic E-state index is 3.54. The lowest BCUT2D eigenvalue weighted by Gasteiger charge is -2.28. The Kier molecular flexibility index (Phi) is 7.55. The van der Waals surface area contributed by atoms with E-state index in [1.165, 1.54) is 50.7 Å². The molecule has 0 aromatic carbocycles. The average Bonchev–Trinajstić information content (AvgIpc) is 2.21. The van der Waals surface area contributed by atoms with Crippen molar-refractivity contribution in [1.29, 1.82) is 0 Å². The van der Waals surface area contributed by atoms with Crippen LogP contribution < -0.4 is 5.32 Å². The van der Waals surface area contributed by atoms with Gasteiger partial charge in [-0.1, -0.05) is 39.5 Å². The number of hydrogen-bond acceptors (Lipinski definition) is 2. The van der Waals surface area contributed by atoms with Crippen LogP contribution in [0.15, 0.2) is 0 Å². The Morgan fingerprint density at radius 3 is 2.44 bits per heavy atom. The molecule has 2 heteroatoms. The fourth-order valence-corrected chi connectivity index (χ4v) is 4.18. The van der Waals surface area contributed by atoms with Crippen LogP contribution in [0.5, 0.6) is 0 Å². The Hall–Kier alpha value is 0.310. The summed E-state index contributed by atoms with van der Waals surface area (Å²) in [6, 6.07) is 0.762. The summed E-state index contributed by atoms with van der Waals surface area (Å²) in [6.45, 7) is 4.66. The molecular weight excluding hydrogens is 214 g/mol. The first-order valence-electron chi connectivity index (χ1n) is 7.03. The Bertz CT molecular complexity index is 170. The van der Waals surface area contributed by atoms with Gasteiger partial charge in [-0.25, -0.2) is 0 Å². The molecule has 1 saturated carbocycles. The van der Waals surface area contributed by atoms with Gasteiger partial charge < -0.3 is 5.32 Å². The van der Waals surface area contributed by atoms with Gasteiger partial charge in [0, 0.05) is 11.3 Å². The maximum absolute atomic E-state index is 3.54. The SMILES string of the molecule is CNC1CCCCCCC1SCCC(C)C. The van der Waals surface area contributed by atoms with Crippen molar-refractivity contribution in [2.75, 3.05) is 12.8 Å². The molecule has 2 atom stereocenters. The Morgan fingerprint density at radius 1 is 1.12 bits per heavy atom. The van der Waals surface area contributed by atoms with E-state index in [1.54, 1.807) is 0 Å². The van der Waals surface area contributed by atoms with Crippen LogP contribution in [0.25, 0.3) is 0 Å². The van der Waals surface area contributed by atoms with E-state index in [0.29, 0.717) is 0 Å². The smallest absolute Gasteiger partial charge is 0.0201 e. The molecule has 0 heterocycles. The minimum Gasteiger partial charge on any atom is -0.316 e. The first-order chi connectivity index (χ1) is 7.74. The highest BCUT2D eigenvalue weighted by Gasteiger charge is 2.21. The van der Waals surface area contributed by atoms with Crippen molar-refractivity contribution in [3.63, 3.8) is 0 Å². The predicted octanol–water partition coefficient (Wildman–Crippen LogP) is 4.08. The van der Waals surface area contributed by atoms with Gasteiger partial charge in [-0.2, -0.15) is 11.8 Å². The molecule has 1 aliphatic carbocycles. The molecule has 1 rings (SSSR count). The van der Waals surface area contributed by atoms with E-state index < -0.39 is 0 Å². The van der Waals surface area contributed by atoms with Crippen LogP contribution in [-0.4, -0.2) is 24.1 Å². The fraction of sp³-hybridized carbons (Fsp3) is 1.00. The summed E-state index contributed by atoms with van der Waals surface area (Å²) < 4.78 is 0. The number of rotatable bonds is 5. The van der Waals surface area contributed by atoms with Crippen LogP contribution in [0.2, 0.25) is 0 Å². The second-order valence-electron chi connectivity index (χ2n) is 5.48. The Labute approximate surface area is 106 Å². The molecule has 0 bridgehead atoms. The van der Waals surface area contributed by atoms with E-state index in [9.17, 15) is 0 Å². The van der Waals surface area contributed by atoms with E-state index >= 15 is 0 Å². The quantitative estimate of drug-likeness (QED) is 0.781. The summed E-state index contributed by atoms with van der Waals surface area (Å²) in [5.74, 6) is 2.20. The summed E-state index contributed by atoms with van der Waals surface area (Å²) in [4.78, 5) is 0. The Morgan fingerprint density at radius 2 is 1.81 bits per heavy atom. The predicted molar refractivity (Wildman–Crippen MR) is 76.3 cm³/mol. The lowest BCUT2D eigenvalue weighted by atomic mass is 9.96. The van der Waals surface area contributed by atoms with Crippen molar-refractivity contribution in [1.82, 2.24) is 5.32 Å². The van der Waals surface area contributed by atoms with Gasteiger partial charge in [0.2, 0.25) is 0 Å². The molecule has 1 fully saturated rings. The van der Waals surface area contributed by atoms with Crippen LogP contribution in [0.1, 0.15) is 58.8 Å². The molecule has 1 nitrogen and oxygen atoms in total. The Balaban J connectivity index is 2.31. The molecule has 0 radical (unpaired) electrons. The summed E-state index contributed by atoms with van der Waals surface area (Å²) in [5, 5.41) is 4.40. The summed E-state index contributed by atoms with van der Waals surface area (Å²) in [7, 11) is 2.14. The van der Waals surface area contributed by atoms with E-state index in [4.69, 9.17) is 0 Å². The zero-order chi connectivity index (χ0) is 11.8. The van der Waals surface area contributed by atoms with Gasteiger partial charge in [0.15, 0.2) is 0 Å². The van der Waals surface area contributed by atoms with Gasteiger partial charge >= 0.3 is 0 Å². The molecule has 0 spiro atoms. The first kappa shape index (κ1) is 14.4. The van der Waals surface area contributed by atoms with E-state index in [0.717, 1.165) is 17.2 Å². The highest BCUT2D eigenvalue weighted by Crippen LogP contribution is 2.28. The standard InChI is InChI=1S/C14H29NS/c1-12(2)10-11-16-14-9-7-5-4-6-8-13(14)15-3/h12-15H,4-11H2,1-3H3. The van der Waals surface area contributed by atoms with Crippen molar-refractivity contribution >= 4 is 11.8 Å². The van der Waals surface area contributed by atoms with Crippen LogP contribution in [-0.2, 0) is 0 Å². The third-order valence-corrected chi connectivity index (χ3v) is 5.06. The molecule has 0 aromatic heterocycles. The third-order valence-electron chi connectivity index (χ3n) is 3.60. The first-order valence-corrected chi connectivity index (χ1v) is 8.07. The van der Waals surface area contributed by atoms with Crippen molar-refractivity contribution in [2.24, 2.45) is 5.92 Å².